The average Bonchev–Trinajstić information content (AvgIpc) is 2.38. The van der Waals surface area contributed by atoms with Crippen LogP contribution in [0.1, 0.15) is 29.2 Å². The van der Waals surface area contributed by atoms with Crippen molar-refractivity contribution in [3.05, 3.63) is 58.1 Å². The van der Waals surface area contributed by atoms with Crippen LogP contribution in [0.25, 0.3) is 0 Å². The third-order valence-corrected chi connectivity index (χ3v) is 4.93. The molecule has 0 amide bonds. The highest BCUT2D eigenvalue weighted by Gasteiger charge is 2.21. The molecule has 0 radical (unpaired) electrons. The highest BCUT2D eigenvalue weighted by atomic mass is 35.5. The second-order valence-corrected chi connectivity index (χ2v) is 6.97. The Morgan fingerprint density at radius 1 is 1.10 bits per heavy atom. The van der Waals surface area contributed by atoms with Crippen molar-refractivity contribution >= 4 is 29.1 Å². The van der Waals surface area contributed by atoms with Gasteiger partial charge in [0.1, 0.15) is 0 Å². The summed E-state index contributed by atoms with van der Waals surface area (Å²) >= 11 is 8.08. The topological polar surface area (TPSA) is 12.0 Å². The summed E-state index contributed by atoms with van der Waals surface area (Å²) in [7, 11) is 0. The van der Waals surface area contributed by atoms with E-state index >= 15 is 0 Å². The summed E-state index contributed by atoms with van der Waals surface area (Å²) in [5, 5.41) is 4.49. The van der Waals surface area contributed by atoms with Crippen LogP contribution in [0.5, 0.6) is 0 Å². The fourth-order valence-electron chi connectivity index (χ4n) is 2.77. The van der Waals surface area contributed by atoms with Crippen LogP contribution >= 0.6 is 23.4 Å². The van der Waals surface area contributed by atoms with Gasteiger partial charge in [0.2, 0.25) is 0 Å². The Hall–Kier alpha value is -1.12. The summed E-state index contributed by atoms with van der Waals surface area (Å²) in [4.78, 5) is 1.35. The van der Waals surface area contributed by atoms with E-state index in [0.29, 0.717) is 6.04 Å². The number of benzene rings is 2. The molecule has 0 spiro atoms. The van der Waals surface area contributed by atoms with Gasteiger partial charge in [-0.25, -0.2) is 0 Å². The molecule has 2 aromatic rings. The fourth-order valence-corrected chi connectivity index (χ4v) is 4.06. The van der Waals surface area contributed by atoms with Crippen molar-refractivity contribution < 1.29 is 0 Å². The van der Waals surface area contributed by atoms with Crippen LogP contribution < -0.4 is 5.32 Å². The molecule has 0 fully saturated rings. The standard InChI is InChI=1S/C17H18ClNS/c1-11-7-12(2)9-14(8-11)19-16-5-6-20-17-4-3-13(18)10-15(16)17/h3-4,7-10,16,19H,5-6H2,1-2H3. The monoisotopic (exact) mass is 303 g/mol. The Morgan fingerprint density at radius 2 is 1.85 bits per heavy atom. The van der Waals surface area contributed by atoms with Crippen molar-refractivity contribution in [3.8, 4) is 0 Å². The first-order valence-corrected chi connectivity index (χ1v) is 8.25. The minimum Gasteiger partial charge on any atom is -0.378 e. The normalized spacial score (nSPS) is 17.6. The summed E-state index contributed by atoms with van der Waals surface area (Å²) in [5.74, 6) is 1.15. The molecule has 3 rings (SSSR count). The summed E-state index contributed by atoms with van der Waals surface area (Å²) in [5.41, 5.74) is 5.12. The van der Waals surface area contributed by atoms with Crippen molar-refractivity contribution in [2.75, 3.05) is 11.1 Å². The molecule has 1 unspecified atom stereocenters. The van der Waals surface area contributed by atoms with Gasteiger partial charge in [-0.2, -0.15) is 0 Å². The molecule has 0 aromatic heterocycles. The lowest BCUT2D eigenvalue weighted by Gasteiger charge is -2.27. The maximum atomic E-state index is 6.16. The van der Waals surface area contributed by atoms with Crippen molar-refractivity contribution in [1.29, 1.82) is 0 Å². The largest absolute Gasteiger partial charge is 0.378 e. The first-order chi connectivity index (χ1) is 9.61. The van der Waals surface area contributed by atoms with Gasteiger partial charge in [-0.05, 0) is 67.3 Å². The lowest BCUT2D eigenvalue weighted by Crippen LogP contribution is -2.16. The molecule has 0 bridgehead atoms. The number of anilines is 1. The zero-order valence-electron chi connectivity index (χ0n) is 11.7. The molecule has 1 atom stereocenters. The van der Waals surface area contributed by atoms with E-state index in [1.807, 2.05) is 17.8 Å². The molecule has 1 heterocycles. The highest BCUT2D eigenvalue weighted by molar-refractivity contribution is 7.99. The van der Waals surface area contributed by atoms with Crippen LogP contribution in [0, 0.1) is 13.8 Å². The second kappa shape index (κ2) is 5.71. The van der Waals surface area contributed by atoms with Crippen LogP contribution in [0.3, 0.4) is 0 Å². The minimum absolute atomic E-state index is 0.353. The van der Waals surface area contributed by atoms with Crippen LogP contribution in [0.15, 0.2) is 41.3 Å². The van der Waals surface area contributed by atoms with Gasteiger partial charge >= 0.3 is 0 Å². The Balaban J connectivity index is 1.91. The Bertz CT molecular complexity index is 619. The van der Waals surface area contributed by atoms with Gasteiger partial charge < -0.3 is 5.32 Å². The molecule has 1 aliphatic heterocycles. The predicted molar refractivity (Wildman–Crippen MR) is 89.1 cm³/mol. The lowest BCUT2D eigenvalue weighted by atomic mass is 10.0. The number of halogens is 1. The number of rotatable bonds is 2. The van der Waals surface area contributed by atoms with Gasteiger partial charge in [0.25, 0.3) is 0 Å². The zero-order chi connectivity index (χ0) is 14.1. The van der Waals surface area contributed by atoms with Gasteiger partial charge in [0, 0.05) is 21.4 Å². The number of thioether (sulfide) groups is 1. The van der Waals surface area contributed by atoms with Gasteiger partial charge in [-0.3, -0.25) is 0 Å². The molecule has 1 nitrogen and oxygen atoms in total. The molecule has 0 saturated carbocycles. The van der Waals surface area contributed by atoms with E-state index in [4.69, 9.17) is 11.6 Å². The number of fused-ring (bicyclic) bond motifs is 1. The lowest BCUT2D eigenvalue weighted by molar-refractivity contribution is 0.728. The van der Waals surface area contributed by atoms with Crippen LogP contribution in [-0.4, -0.2) is 5.75 Å². The van der Waals surface area contributed by atoms with Gasteiger partial charge in [0.15, 0.2) is 0 Å². The first-order valence-electron chi connectivity index (χ1n) is 6.89. The van der Waals surface area contributed by atoms with Crippen LogP contribution in [-0.2, 0) is 0 Å². The van der Waals surface area contributed by atoms with E-state index < -0.39 is 0 Å². The predicted octanol–water partition coefficient (Wildman–Crippen LogP) is 5.61. The van der Waals surface area contributed by atoms with E-state index in [2.05, 4.69) is 49.5 Å². The second-order valence-electron chi connectivity index (χ2n) is 5.39. The van der Waals surface area contributed by atoms with Crippen LogP contribution in [0.2, 0.25) is 5.02 Å². The SMILES string of the molecule is Cc1cc(C)cc(NC2CCSc3ccc(Cl)cc32)c1. The molecular weight excluding hydrogens is 286 g/mol. The van der Waals surface area contributed by atoms with E-state index in [1.54, 1.807) is 0 Å². The maximum Gasteiger partial charge on any atom is 0.0533 e. The number of aryl methyl sites for hydroxylation is 2. The van der Waals surface area contributed by atoms with Crippen molar-refractivity contribution in [3.63, 3.8) is 0 Å². The Kier molecular flexibility index (Phi) is 3.95. The van der Waals surface area contributed by atoms with Gasteiger partial charge in [0.05, 0.1) is 6.04 Å². The zero-order valence-corrected chi connectivity index (χ0v) is 13.3. The molecule has 3 heteroatoms. The summed E-state index contributed by atoms with van der Waals surface area (Å²) < 4.78 is 0. The highest BCUT2D eigenvalue weighted by Crippen LogP contribution is 2.39. The Labute approximate surface area is 129 Å². The molecule has 1 N–H and O–H groups in total. The molecule has 1 aliphatic rings. The van der Waals surface area contributed by atoms with E-state index in [-0.39, 0.29) is 0 Å². The fraction of sp³-hybridized carbons (Fsp3) is 0.294. The maximum absolute atomic E-state index is 6.16. The molecule has 0 aliphatic carbocycles. The van der Waals surface area contributed by atoms with Gasteiger partial charge in [-0.1, -0.05) is 17.7 Å². The van der Waals surface area contributed by atoms with Crippen molar-refractivity contribution in [2.45, 2.75) is 31.2 Å². The Morgan fingerprint density at radius 3 is 2.60 bits per heavy atom. The molecule has 104 valence electrons. The molecule has 2 aromatic carbocycles. The van der Waals surface area contributed by atoms with Crippen molar-refractivity contribution in [2.24, 2.45) is 0 Å². The minimum atomic E-state index is 0.353. The molecule has 20 heavy (non-hydrogen) atoms. The third-order valence-electron chi connectivity index (χ3n) is 3.57. The number of hydrogen-bond donors (Lipinski definition) is 1. The molecular formula is C17H18ClNS. The first kappa shape index (κ1) is 13.8. The summed E-state index contributed by atoms with van der Waals surface area (Å²) in [6.45, 7) is 4.28. The number of hydrogen-bond acceptors (Lipinski definition) is 2. The van der Waals surface area contributed by atoms with Crippen LogP contribution in [0.4, 0.5) is 5.69 Å². The average molecular weight is 304 g/mol. The summed E-state index contributed by atoms with van der Waals surface area (Å²) in [6, 6.07) is 13.2. The van der Waals surface area contributed by atoms with Crippen molar-refractivity contribution in [1.82, 2.24) is 0 Å². The quantitative estimate of drug-likeness (QED) is 0.774. The smallest absolute Gasteiger partial charge is 0.0533 e. The van der Waals surface area contributed by atoms with E-state index in [1.165, 1.54) is 27.3 Å². The summed E-state index contributed by atoms with van der Waals surface area (Å²) in [6.07, 6.45) is 1.13. The molecule has 0 saturated heterocycles. The number of nitrogens with one attached hydrogen (secondary N) is 1. The third kappa shape index (κ3) is 2.97. The van der Waals surface area contributed by atoms with Gasteiger partial charge in [-0.15, -0.1) is 11.8 Å². The van der Waals surface area contributed by atoms with E-state index in [0.717, 1.165) is 17.2 Å². The van der Waals surface area contributed by atoms with E-state index in [9.17, 15) is 0 Å².